The highest BCUT2D eigenvalue weighted by molar-refractivity contribution is 14.1. The van der Waals surface area contributed by atoms with Crippen LogP contribution < -0.4 is 15.6 Å². The lowest BCUT2D eigenvalue weighted by Crippen LogP contribution is -2.39. The maximum Gasteiger partial charge on any atom is 0.297 e. The molecule has 0 amide bonds. The Bertz CT molecular complexity index is 1890. The van der Waals surface area contributed by atoms with Crippen molar-refractivity contribution < 1.29 is 18.3 Å². The number of azide groups is 1. The van der Waals surface area contributed by atoms with Crippen LogP contribution in [0.5, 0.6) is 5.75 Å². The average Bonchev–Trinajstić information content (AvgIpc) is 3.57. The molecule has 1 aliphatic heterocycles. The van der Waals surface area contributed by atoms with Crippen molar-refractivity contribution in [1.82, 2.24) is 19.5 Å². The summed E-state index contributed by atoms with van der Waals surface area (Å²) in [6.45, 7) is 1.27. The third-order valence-corrected chi connectivity index (χ3v) is 9.32. The molecule has 3 heterocycles. The lowest BCUT2D eigenvalue weighted by atomic mass is 9.77. The lowest BCUT2D eigenvalue weighted by Gasteiger charge is -2.37. The second-order valence-corrected chi connectivity index (χ2v) is 11.4. The van der Waals surface area contributed by atoms with E-state index in [1.54, 1.807) is 7.11 Å². The number of alkyl halides is 3. The fourth-order valence-corrected chi connectivity index (χ4v) is 6.75. The van der Waals surface area contributed by atoms with Gasteiger partial charge in [0.15, 0.2) is 16.9 Å². The molecule has 0 aliphatic carbocycles. The summed E-state index contributed by atoms with van der Waals surface area (Å²) in [5, 5.41) is 7.07. The molecular weight excluding hydrogens is 697 g/mol. The van der Waals surface area contributed by atoms with Crippen molar-refractivity contribution in [2.24, 2.45) is 11.0 Å². The fourth-order valence-electron chi connectivity index (χ4n) is 5.76. The Balaban J connectivity index is 1.55. The quantitative estimate of drug-likeness (QED) is 0.0429. The summed E-state index contributed by atoms with van der Waals surface area (Å²) in [6.07, 6.45) is -0.846. The molecule has 0 bridgehead atoms. The predicted octanol–water partition coefficient (Wildman–Crippen LogP) is 6.77. The number of hydrogen-bond donors (Lipinski definition) is 2. The zero-order valence-corrected chi connectivity index (χ0v) is 26.2. The van der Waals surface area contributed by atoms with Crippen LogP contribution in [-0.2, 0) is 10.3 Å². The van der Waals surface area contributed by atoms with Gasteiger partial charge in [0.25, 0.3) is 11.5 Å². The molecule has 3 atom stereocenters. The third-order valence-electron chi connectivity index (χ3n) is 8.23. The monoisotopic (exact) mass is 724 g/mol. The van der Waals surface area contributed by atoms with E-state index in [0.29, 0.717) is 5.75 Å². The number of nitrogens with zero attached hydrogens (tertiary/aromatic N) is 6. The minimum atomic E-state index is -3.49. The average molecular weight is 725 g/mol. The molecule has 0 radical (unpaired) electrons. The van der Waals surface area contributed by atoms with E-state index in [1.807, 2.05) is 108 Å². The number of ether oxygens (including phenoxy) is 2. The first-order valence-electron chi connectivity index (χ1n) is 13.9. The number of hydrogen-bond acceptors (Lipinski definition) is 7. The van der Waals surface area contributed by atoms with E-state index in [2.05, 4.69) is 30.3 Å². The number of rotatable bonds is 9. The molecule has 1 saturated heterocycles. The highest BCUT2D eigenvalue weighted by Crippen LogP contribution is 2.54. The van der Waals surface area contributed by atoms with Gasteiger partial charge in [0.05, 0.1) is 19.4 Å². The van der Waals surface area contributed by atoms with Crippen molar-refractivity contribution >= 4 is 39.7 Å². The van der Waals surface area contributed by atoms with Gasteiger partial charge in [0.1, 0.15) is 11.3 Å². The molecule has 230 valence electrons. The van der Waals surface area contributed by atoms with Gasteiger partial charge in [0.2, 0.25) is 12.2 Å². The van der Waals surface area contributed by atoms with Crippen LogP contribution in [0, 0.1) is 5.92 Å². The summed E-state index contributed by atoms with van der Waals surface area (Å²) >= 11 is 1.85. The van der Waals surface area contributed by atoms with E-state index < -0.39 is 34.9 Å². The molecule has 11 nitrogen and oxygen atoms in total. The maximum absolute atomic E-state index is 15.8. The highest BCUT2D eigenvalue weighted by Gasteiger charge is 2.64. The number of aromatic amines is 1. The van der Waals surface area contributed by atoms with Gasteiger partial charge in [-0.15, -0.1) is 0 Å². The van der Waals surface area contributed by atoms with E-state index in [1.165, 1.54) is 6.92 Å². The van der Waals surface area contributed by atoms with Gasteiger partial charge >= 0.3 is 0 Å². The molecule has 0 saturated carbocycles. The number of H-pyrrole nitrogens is 1. The summed E-state index contributed by atoms with van der Waals surface area (Å²) in [4.78, 5) is 27.6. The number of nitrogens with one attached hydrogen (secondary N) is 2. The standard InChI is InChI=1S/C31H27F2IN8O3/c1-19-29(17-34,40-41-35)45-27(31(19,32)33)42-18-36-24-25(42)37-28(38-26(24)43)39-30(20-9-5-3-6-10-20,21-11-7-4-8-12-21)22-13-15-23(44-2)16-14-22/h3-16,18-19,27H,17H2,1-2H3,(H2,37,38,39,43)/t19-,27-,29-/m1/s1. The minimum absolute atomic E-state index is 0.00216. The van der Waals surface area contributed by atoms with Gasteiger partial charge in [-0.2, -0.15) is 4.98 Å². The lowest BCUT2D eigenvalue weighted by molar-refractivity contribution is -0.129. The van der Waals surface area contributed by atoms with Gasteiger partial charge in [-0.25, -0.2) is 13.8 Å². The van der Waals surface area contributed by atoms with Crippen molar-refractivity contribution in [2.75, 3.05) is 16.9 Å². The van der Waals surface area contributed by atoms with E-state index in [0.717, 1.165) is 27.6 Å². The van der Waals surface area contributed by atoms with Gasteiger partial charge in [-0.05, 0) is 34.4 Å². The van der Waals surface area contributed by atoms with Crippen LogP contribution in [0.2, 0.25) is 0 Å². The first-order chi connectivity index (χ1) is 21.7. The van der Waals surface area contributed by atoms with Crippen LogP contribution in [0.4, 0.5) is 14.7 Å². The Morgan fingerprint density at radius 3 is 2.24 bits per heavy atom. The second-order valence-electron chi connectivity index (χ2n) is 10.6. The van der Waals surface area contributed by atoms with Crippen molar-refractivity contribution in [3.05, 3.63) is 129 Å². The zero-order chi connectivity index (χ0) is 31.8. The number of halogens is 3. The minimum Gasteiger partial charge on any atom is -0.497 e. The molecular formula is C31H27F2IN8O3. The SMILES string of the molecule is COc1ccc(C(Nc2nc3c(ncn3[C@@H]3O[C@@](CI)(N=[N+]=[N-])[C@@H](C)C3(F)F)c(=O)[nH]2)(c2ccccc2)c2ccccc2)cc1. The number of aromatic nitrogens is 4. The van der Waals surface area contributed by atoms with Gasteiger partial charge < -0.3 is 14.8 Å². The predicted molar refractivity (Wildman–Crippen MR) is 173 cm³/mol. The molecule has 45 heavy (non-hydrogen) atoms. The number of methoxy groups -OCH3 is 1. The summed E-state index contributed by atoms with van der Waals surface area (Å²) in [7, 11) is 1.58. The topological polar surface area (TPSA) is 143 Å². The number of imidazole rings is 1. The molecule has 5 aromatic rings. The van der Waals surface area contributed by atoms with Gasteiger partial charge in [-0.3, -0.25) is 14.3 Å². The highest BCUT2D eigenvalue weighted by atomic mass is 127. The number of fused-ring (bicyclic) bond motifs is 1. The normalized spacial score (nSPS) is 20.9. The Morgan fingerprint density at radius 2 is 1.69 bits per heavy atom. The molecule has 0 spiro atoms. The number of anilines is 1. The summed E-state index contributed by atoms with van der Waals surface area (Å²) in [5.41, 5.74) is 7.70. The summed E-state index contributed by atoms with van der Waals surface area (Å²) < 4.78 is 43.8. The van der Waals surface area contributed by atoms with Gasteiger partial charge in [-0.1, -0.05) is 107 Å². The van der Waals surface area contributed by atoms with Crippen LogP contribution in [-0.4, -0.2) is 42.7 Å². The van der Waals surface area contributed by atoms with Crippen LogP contribution in [0.25, 0.3) is 21.6 Å². The van der Waals surface area contributed by atoms with Crippen molar-refractivity contribution in [3.63, 3.8) is 0 Å². The Hall–Kier alpha value is -4.53. The van der Waals surface area contributed by atoms with E-state index in [9.17, 15) is 4.79 Å². The molecule has 14 heteroatoms. The molecule has 1 aliphatic rings. The fraction of sp³-hybridized carbons (Fsp3) is 0.258. The molecule has 2 aromatic heterocycles. The van der Waals surface area contributed by atoms with Crippen LogP contribution in [0.1, 0.15) is 29.8 Å². The Morgan fingerprint density at radius 1 is 1.09 bits per heavy atom. The number of benzene rings is 3. The van der Waals surface area contributed by atoms with Crippen LogP contribution in [0.3, 0.4) is 0 Å². The van der Waals surface area contributed by atoms with Crippen molar-refractivity contribution in [1.29, 1.82) is 0 Å². The first-order valence-corrected chi connectivity index (χ1v) is 15.4. The second kappa shape index (κ2) is 11.8. The first kappa shape index (κ1) is 30.5. The summed E-state index contributed by atoms with van der Waals surface area (Å²) in [6, 6.07) is 26.6. The van der Waals surface area contributed by atoms with Crippen molar-refractivity contribution in [3.8, 4) is 5.75 Å². The molecule has 3 aromatic carbocycles. The third kappa shape index (κ3) is 4.98. The Kier molecular flexibility index (Phi) is 7.97. The van der Waals surface area contributed by atoms with E-state index >= 15 is 8.78 Å². The molecule has 6 rings (SSSR count). The van der Waals surface area contributed by atoms with Crippen LogP contribution >= 0.6 is 22.6 Å². The van der Waals surface area contributed by atoms with Gasteiger partial charge in [0, 0.05) is 9.34 Å². The molecule has 1 fully saturated rings. The van der Waals surface area contributed by atoms with Crippen molar-refractivity contribution in [2.45, 2.75) is 30.3 Å². The Labute approximate surface area is 269 Å². The maximum atomic E-state index is 15.8. The summed E-state index contributed by atoms with van der Waals surface area (Å²) in [5.74, 6) is -4.31. The van der Waals surface area contributed by atoms with Crippen LogP contribution in [0.15, 0.2) is 101 Å². The molecule has 0 unspecified atom stereocenters. The smallest absolute Gasteiger partial charge is 0.297 e. The van der Waals surface area contributed by atoms with E-state index in [4.69, 9.17) is 15.0 Å². The largest absolute Gasteiger partial charge is 0.497 e. The zero-order valence-electron chi connectivity index (χ0n) is 24.1. The van der Waals surface area contributed by atoms with E-state index in [-0.39, 0.29) is 21.5 Å². The molecule has 2 N–H and O–H groups in total.